The van der Waals surface area contributed by atoms with Crippen molar-refractivity contribution >= 4 is 23.1 Å². The largest absolute Gasteiger partial charge is 0.383 e. The Morgan fingerprint density at radius 2 is 2.15 bits per heavy atom. The molecule has 0 spiro atoms. The SMILES string of the molecule is C=CCN(CCOC)c1ccc2c(c1)N(C)C(=O)C2=O. The third kappa shape index (κ3) is 2.44. The summed E-state index contributed by atoms with van der Waals surface area (Å²) in [7, 11) is 3.27. The van der Waals surface area contributed by atoms with Crippen molar-refractivity contribution in [1.29, 1.82) is 0 Å². The number of rotatable bonds is 6. The Kier molecular flexibility index (Phi) is 4.20. The summed E-state index contributed by atoms with van der Waals surface area (Å²) in [5.41, 5.74) is 2.06. The Morgan fingerprint density at radius 1 is 1.40 bits per heavy atom. The number of anilines is 2. The van der Waals surface area contributed by atoms with Crippen LogP contribution in [-0.2, 0) is 9.53 Å². The molecule has 0 fully saturated rings. The first-order valence-corrected chi connectivity index (χ1v) is 6.41. The number of hydrogen-bond donors (Lipinski definition) is 0. The van der Waals surface area contributed by atoms with Gasteiger partial charge in [-0.05, 0) is 18.2 Å². The molecule has 2 rings (SSSR count). The van der Waals surface area contributed by atoms with Gasteiger partial charge in [0, 0.05) is 32.9 Å². The minimum atomic E-state index is -0.482. The third-order valence-corrected chi connectivity index (χ3v) is 3.37. The van der Waals surface area contributed by atoms with E-state index in [1.165, 1.54) is 4.90 Å². The fourth-order valence-corrected chi connectivity index (χ4v) is 2.25. The molecule has 0 aromatic heterocycles. The van der Waals surface area contributed by atoms with E-state index in [9.17, 15) is 9.59 Å². The van der Waals surface area contributed by atoms with E-state index in [1.54, 1.807) is 20.2 Å². The van der Waals surface area contributed by atoms with E-state index in [1.807, 2.05) is 18.2 Å². The first-order chi connectivity index (χ1) is 9.60. The predicted molar refractivity (Wildman–Crippen MR) is 78.5 cm³/mol. The highest BCUT2D eigenvalue weighted by molar-refractivity contribution is 6.52. The topological polar surface area (TPSA) is 49.9 Å². The van der Waals surface area contributed by atoms with Crippen LogP contribution in [0.15, 0.2) is 30.9 Å². The first-order valence-electron chi connectivity index (χ1n) is 6.41. The standard InChI is InChI=1S/C15H18N2O3/c1-4-7-17(8-9-20-3)11-5-6-12-13(10-11)16(2)15(19)14(12)18/h4-6,10H,1,7-9H2,2-3H3. The summed E-state index contributed by atoms with van der Waals surface area (Å²) in [6, 6.07) is 5.41. The monoisotopic (exact) mass is 274 g/mol. The molecule has 0 saturated carbocycles. The van der Waals surface area contributed by atoms with Crippen molar-refractivity contribution in [2.24, 2.45) is 0 Å². The van der Waals surface area contributed by atoms with Gasteiger partial charge in [0.2, 0.25) is 0 Å². The van der Waals surface area contributed by atoms with Crippen molar-refractivity contribution in [2.45, 2.75) is 0 Å². The number of ketones is 1. The molecule has 1 aliphatic heterocycles. The molecule has 1 amide bonds. The van der Waals surface area contributed by atoms with Crippen molar-refractivity contribution in [3.05, 3.63) is 36.4 Å². The number of ether oxygens (including phenoxy) is 1. The van der Waals surface area contributed by atoms with Crippen LogP contribution in [0.2, 0.25) is 0 Å². The van der Waals surface area contributed by atoms with Crippen molar-refractivity contribution in [1.82, 2.24) is 0 Å². The van der Waals surface area contributed by atoms with Gasteiger partial charge in [-0.1, -0.05) is 6.08 Å². The molecule has 106 valence electrons. The summed E-state index contributed by atoms with van der Waals surface area (Å²) < 4.78 is 5.09. The zero-order valence-electron chi connectivity index (χ0n) is 11.8. The lowest BCUT2D eigenvalue weighted by atomic mass is 10.1. The quantitative estimate of drug-likeness (QED) is 0.582. The molecule has 0 N–H and O–H groups in total. The van der Waals surface area contributed by atoms with E-state index in [-0.39, 0.29) is 0 Å². The van der Waals surface area contributed by atoms with Crippen LogP contribution in [0.1, 0.15) is 10.4 Å². The molecule has 1 aromatic carbocycles. The number of carbonyl (C=O) groups is 2. The molecular weight excluding hydrogens is 256 g/mol. The van der Waals surface area contributed by atoms with Crippen molar-refractivity contribution in [3.63, 3.8) is 0 Å². The zero-order chi connectivity index (χ0) is 14.7. The number of Topliss-reactive ketones (excluding diaryl/α,β-unsaturated/α-hetero) is 1. The lowest BCUT2D eigenvalue weighted by Gasteiger charge is -2.24. The second-order valence-electron chi connectivity index (χ2n) is 4.62. The number of carbonyl (C=O) groups excluding carboxylic acids is 2. The Labute approximate surface area is 118 Å². The Bertz CT molecular complexity index is 554. The summed E-state index contributed by atoms with van der Waals surface area (Å²) >= 11 is 0. The second kappa shape index (κ2) is 5.88. The smallest absolute Gasteiger partial charge is 0.299 e. The normalized spacial score (nSPS) is 13.6. The number of hydrogen-bond acceptors (Lipinski definition) is 4. The van der Waals surface area contributed by atoms with Crippen LogP contribution in [0.25, 0.3) is 0 Å². The lowest BCUT2D eigenvalue weighted by molar-refractivity contribution is -0.114. The Morgan fingerprint density at radius 3 is 2.80 bits per heavy atom. The summed E-state index contributed by atoms with van der Waals surface area (Å²) in [6.45, 7) is 5.73. The number of likely N-dealkylation sites (N-methyl/N-ethyl adjacent to an activating group) is 1. The molecule has 0 radical (unpaired) electrons. The van der Waals surface area contributed by atoms with Gasteiger partial charge in [-0.3, -0.25) is 9.59 Å². The van der Waals surface area contributed by atoms with E-state index in [4.69, 9.17) is 4.74 Å². The number of fused-ring (bicyclic) bond motifs is 1. The summed E-state index contributed by atoms with van der Waals surface area (Å²) in [5.74, 6) is -0.925. The van der Waals surface area contributed by atoms with Crippen LogP contribution in [0.3, 0.4) is 0 Å². The molecule has 1 aromatic rings. The molecular formula is C15H18N2O3. The van der Waals surface area contributed by atoms with Crippen molar-refractivity contribution in [3.8, 4) is 0 Å². The van der Waals surface area contributed by atoms with Crippen LogP contribution >= 0.6 is 0 Å². The minimum Gasteiger partial charge on any atom is -0.383 e. The molecule has 0 atom stereocenters. The molecule has 0 bridgehead atoms. The molecule has 1 aliphatic rings. The average Bonchev–Trinajstić information content (AvgIpc) is 2.68. The molecule has 1 heterocycles. The van der Waals surface area contributed by atoms with Gasteiger partial charge in [0.25, 0.3) is 11.7 Å². The Hall–Kier alpha value is -2.14. The van der Waals surface area contributed by atoms with E-state index in [0.717, 1.165) is 5.69 Å². The van der Waals surface area contributed by atoms with Crippen molar-refractivity contribution in [2.75, 3.05) is 43.7 Å². The molecule has 20 heavy (non-hydrogen) atoms. The van der Waals surface area contributed by atoms with Gasteiger partial charge in [-0.2, -0.15) is 0 Å². The fraction of sp³-hybridized carbons (Fsp3) is 0.333. The number of methoxy groups -OCH3 is 1. The van der Waals surface area contributed by atoms with Gasteiger partial charge < -0.3 is 14.5 Å². The molecule has 0 unspecified atom stereocenters. The van der Waals surface area contributed by atoms with E-state index < -0.39 is 11.7 Å². The van der Waals surface area contributed by atoms with E-state index in [2.05, 4.69) is 11.5 Å². The van der Waals surface area contributed by atoms with Gasteiger partial charge in [0.1, 0.15) is 0 Å². The zero-order valence-corrected chi connectivity index (χ0v) is 11.8. The van der Waals surface area contributed by atoms with Crippen LogP contribution in [0.5, 0.6) is 0 Å². The second-order valence-corrected chi connectivity index (χ2v) is 4.62. The van der Waals surface area contributed by atoms with Crippen LogP contribution in [0, 0.1) is 0 Å². The van der Waals surface area contributed by atoms with Crippen LogP contribution < -0.4 is 9.80 Å². The Balaban J connectivity index is 2.32. The third-order valence-electron chi connectivity index (χ3n) is 3.37. The van der Waals surface area contributed by atoms with E-state index >= 15 is 0 Å². The van der Waals surface area contributed by atoms with Gasteiger partial charge >= 0.3 is 0 Å². The van der Waals surface area contributed by atoms with Gasteiger partial charge in [-0.15, -0.1) is 6.58 Å². The summed E-state index contributed by atoms with van der Waals surface area (Å²) in [6.07, 6.45) is 1.81. The maximum Gasteiger partial charge on any atom is 0.299 e. The maximum absolute atomic E-state index is 11.7. The molecule has 0 saturated heterocycles. The lowest BCUT2D eigenvalue weighted by Crippen LogP contribution is -2.27. The molecule has 0 aliphatic carbocycles. The van der Waals surface area contributed by atoms with Crippen molar-refractivity contribution < 1.29 is 14.3 Å². The number of benzene rings is 1. The van der Waals surface area contributed by atoms with Gasteiger partial charge in [0.15, 0.2) is 0 Å². The highest BCUT2D eigenvalue weighted by Crippen LogP contribution is 2.31. The summed E-state index contributed by atoms with van der Waals surface area (Å²) in [5, 5.41) is 0. The summed E-state index contributed by atoms with van der Waals surface area (Å²) in [4.78, 5) is 26.9. The maximum atomic E-state index is 11.7. The molecule has 5 heteroatoms. The fourth-order valence-electron chi connectivity index (χ4n) is 2.25. The van der Waals surface area contributed by atoms with Crippen LogP contribution in [0.4, 0.5) is 11.4 Å². The van der Waals surface area contributed by atoms with Gasteiger partial charge in [-0.25, -0.2) is 0 Å². The predicted octanol–water partition coefficient (Wildman–Crippen LogP) is 1.48. The van der Waals surface area contributed by atoms with E-state index in [0.29, 0.717) is 30.9 Å². The number of amides is 1. The first kappa shape index (κ1) is 14.3. The number of nitrogens with zero attached hydrogens (tertiary/aromatic N) is 2. The molecule has 5 nitrogen and oxygen atoms in total. The minimum absolute atomic E-state index is 0.443. The van der Waals surface area contributed by atoms with Gasteiger partial charge in [0.05, 0.1) is 17.9 Å². The highest BCUT2D eigenvalue weighted by Gasteiger charge is 2.33. The highest BCUT2D eigenvalue weighted by atomic mass is 16.5. The average molecular weight is 274 g/mol. The van der Waals surface area contributed by atoms with Crippen LogP contribution in [-0.4, -0.2) is 45.5 Å².